The van der Waals surface area contributed by atoms with Crippen molar-refractivity contribution >= 4 is 17.4 Å². The fourth-order valence-electron chi connectivity index (χ4n) is 0.182. The fraction of sp³-hybridized carbons (Fsp3) is 0.571. The first-order valence-corrected chi connectivity index (χ1v) is 3.78. The van der Waals surface area contributed by atoms with Crippen LogP contribution in [0.4, 0.5) is 0 Å². The van der Waals surface area contributed by atoms with Crippen LogP contribution >= 0.6 is 12.2 Å². The Hall–Kier alpha value is -0.770. The number of nitrogens with two attached hydrogens (primary N) is 1. The summed E-state index contributed by atoms with van der Waals surface area (Å²) in [6.45, 7) is 7.59. The zero-order chi connectivity index (χ0) is 9.28. The zero-order valence-corrected chi connectivity index (χ0v) is 8.12. The molecule has 0 aliphatic carbocycles. The lowest BCUT2D eigenvalue weighted by Crippen LogP contribution is -2.25. The first-order valence-electron chi connectivity index (χ1n) is 3.37. The van der Waals surface area contributed by atoms with Gasteiger partial charge >= 0.3 is 0 Å². The molecular weight excluding hydrogens is 160 g/mol. The van der Waals surface area contributed by atoms with E-state index in [-0.39, 0.29) is 11.0 Å². The molecule has 0 aliphatic rings. The van der Waals surface area contributed by atoms with Gasteiger partial charge in [0, 0.05) is 0 Å². The second kappa shape index (κ2) is 9.23. The molecule has 0 saturated carbocycles. The number of hydrogen-bond acceptors (Lipinski definition) is 3. The zero-order valence-electron chi connectivity index (χ0n) is 7.31. The van der Waals surface area contributed by atoms with E-state index < -0.39 is 0 Å². The maximum Gasteiger partial charge on any atom is 0.261 e. The SMILES string of the molecule is C=C(N)NC(=S)OC.CCC. The molecule has 0 spiro atoms. The van der Waals surface area contributed by atoms with Gasteiger partial charge in [0.05, 0.1) is 12.9 Å². The molecule has 0 aromatic carbocycles. The molecule has 0 aliphatic heterocycles. The van der Waals surface area contributed by atoms with Gasteiger partial charge < -0.3 is 15.8 Å². The highest BCUT2D eigenvalue weighted by Crippen LogP contribution is 1.73. The van der Waals surface area contributed by atoms with Crippen LogP contribution in [0.3, 0.4) is 0 Å². The smallest absolute Gasteiger partial charge is 0.261 e. The van der Waals surface area contributed by atoms with E-state index in [1.54, 1.807) is 0 Å². The number of methoxy groups -OCH3 is 1. The standard InChI is InChI=1S/C4H8N2OS.C3H8/c1-3(5)6-4(8)7-2;1-3-2/h1,5H2,2H3,(H,6,8);3H2,1-2H3. The van der Waals surface area contributed by atoms with Crippen molar-refractivity contribution in [2.24, 2.45) is 5.73 Å². The third-order valence-electron chi connectivity index (χ3n) is 0.448. The third-order valence-corrected chi connectivity index (χ3v) is 0.717. The summed E-state index contributed by atoms with van der Waals surface area (Å²) in [7, 11) is 1.46. The third kappa shape index (κ3) is 17.6. The van der Waals surface area contributed by atoms with Crippen molar-refractivity contribution in [1.29, 1.82) is 0 Å². The van der Waals surface area contributed by atoms with Crippen LogP contribution < -0.4 is 11.1 Å². The molecule has 0 aromatic heterocycles. The Labute approximate surface area is 73.6 Å². The van der Waals surface area contributed by atoms with E-state index in [1.807, 2.05) is 0 Å². The van der Waals surface area contributed by atoms with Gasteiger partial charge in [-0.1, -0.05) is 26.8 Å². The highest BCUT2D eigenvalue weighted by atomic mass is 32.1. The summed E-state index contributed by atoms with van der Waals surface area (Å²) in [4.78, 5) is 0. The predicted molar refractivity (Wildman–Crippen MR) is 52.0 cm³/mol. The van der Waals surface area contributed by atoms with E-state index in [0.29, 0.717) is 0 Å². The topological polar surface area (TPSA) is 47.3 Å². The Kier molecular flexibility index (Phi) is 10.8. The largest absolute Gasteiger partial charge is 0.474 e. The lowest BCUT2D eigenvalue weighted by molar-refractivity contribution is 0.398. The summed E-state index contributed by atoms with van der Waals surface area (Å²) in [5.41, 5.74) is 5.10. The van der Waals surface area contributed by atoms with Crippen molar-refractivity contribution < 1.29 is 4.74 Å². The second-order valence-electron chi connectivity index (χ2n) is 1.85. The molecule has 0 radical (unpaired) electrons. The van der Waals surface area contributed by atoms with Gasteiger partial charge in [0.2, 0.25) is 0 Å². The summed E-state index contributed by atoms with van der Waals surface area (Å²) >= 11 is 4.56. The highest BCUT2D eigenvalue weighted by molar-refractivity contribution is 7.80. The second-order valence-corrected chi connectivity index (χ2v) is 2.22. The molecule has 66 valence electrons. The van der Waals surface area contributed by atoms with Crippen LogP contribution in [0.2, 0.25) is 0 Å². The van der Waals surface area contributed by atoms with Crippen molar-refractivity contribution in [3.8, 4) is 0 Å². The Bertz CT molecular complexity index is 126. The minimum atomic E-state index is 0.234. The van der Waals surface area contributed by atoms with E-state index in [2.05, 4.69) is 42.7 Å². The van der Waals surface area contributed by atoms with Crippen LogP contribution in [0.5, 0.6) is 0 Å². The molecule has 0 unspecified atom stereocenters. The average Bonchev–Trinajstić information content (AvgIpc) is 1.88. The van der Waals surface area contributed by atoms with E-state index in [4.69, 9.17) is 5.73 Å². The summed E-state index contributed by atoms with van der Waals surface area (Å²) < 4.78 is 4.54. The number of hydrogen-bond donors (Lipinski definition) is 2. The van der Waals surface area contributed by atoms with Crippen LogP contribution in [0, 0.1) is 0 Å². The normalized spacial score (nSPS) is 7.18. The summed E-state index contributed by atoms with van der Waals surface area (Å²) in [5.74, 6) is 0.289. The Morgan fingerprint density at radius 3 is 2.09 bits per heavy atom. The van der Waals surface area contributed by atoms with E-state index in [0.717, 1.165) is 0 Å². The van der Waals surface area contributed by atoms with Gasteiger partial charge in [-0.2, -0.15) is 0 Å². The molecule has 0 bridgehead atoms. The van der Waals surface area contributed by atoms with Crippen molar-refractivity contribution in [3.63, 3.8) is 0 Å². The van der Waals surface area contributed by atoms with Crippen molar-refractivity contribution in [2.75, 3.05) is 7.11 Å². The Balaban J connectivity index is 0. The van der Waals surface area contributed by atoms with Crippen LogP contribution in [-0.4, -0.2) is 12.3 Å². The molecule has 0 aromatic rings. The van der Waals surface area contributed by atoms with Crippen LogP contribution in [0.25, 0.3) is 0 Å². The number of ether oxygens (including phenoxy) is 1. The van der Waals surface area contributed by atoms with Gasteiger partial charge in [0.1, 0.15) is 0 Å². The Morgan fingerprint density at radius 1 is 1.64 bits per heavy atom. The molecule has 11 heavy (non-hydrogen) atoms. The molecule has 0 saturated heterocycles. The van der Waals surface area contributed by atoms with Crippen LogP contribution in [0.1, 0.15) is 20.3 Å². The lowest BCUT2D eigenvalue weighted by atomic mass is 10.6. The maximum absolute atomic E-state index is 5.10. The predicted octanol–water partition coefficient (Wildman–Crippen LogP) is 1.35. The molecule has 4 heteroatoms. The van der Waals surface area contributed by atoms with E-state index in [9.17, 15) is 0 Å². The lowest BCUT2D eigenvalue weighted by Gasteiger charge is -2.02. The van der Waals surface area contributed by atoms with E-state index >= 15 is 0 Å². The van der Waals surface area contributed by atoms with Gasteiger partial charge in [-0.15, -0.1) is 0 Å². The molecule has 0 rings (SSSR count). The van der Waals surface area contributed by atoms with Gasteiger partial charge in [-0.05, 0) is 12.2 Å². The number of thiocarbonyl (C=S) groups is 1. The molecule has 0 heterocycles. The summed E-state index contributed by atoms with van der Waals surface area (Å²) in [6.07, 6.45) is 1.25. The average molecular weight is 176 g/mol. The Morgan fingerprint density at radius 2 is 2.00 bits per heavy atom. The van der Waals surface area contributed by atoms with Crippen LogP contribution in [0.15, 0.2) is 12.4 Å². The maximum atomic E-state index is 5.10. The molecule has 3 N–H and O–H groups in total. The van der Waals surface area contributed by atoms with Crippen molar-refractivity contribution in [3.05, 3.63) is 12.4 Å². The van der Waals surface area contributed by atoms with Crippen LogP contribution in [-0.2, 0) is 4.74 Å². The molecular formula is C7H16N2OS. The fourth-order valence-corrected chi connectivity index (χ4v) is 0.313. The summed E-state index contributed by atoms with van der Waals surface area (Å²) in [5, 5.41) is 2.72. The molecule has 0 fully saturated rings. The number of nitrogens with one attached hydrogen (secondary N) is 1. The quantitative estimate of drug-likeness (QED) is 0.592. The van der Waals surface area contributed by atoms with Gasteiger partial charge in [-0.3, -0.25) is 0 Å². The van der Waals surface area contributed by atoms with Crippen molar-refractivity contribution in [2.45, 2.75) is 20.3 Å². The van der Waals surface area contributed by atoms with Gasteiger partial charge in [0.15, 0.2) is 0 Å². The first kappa shape index (κ1) is 12.9. The van der Waals surface area contributed by atoms with Gasteiger partial charge in [-0.25, -0.2) is 0 Å². The molecule has 0 atom stereocenters. The minimum Gasteiger partial charge on any atom is -0.474 e. The van der Waals surface area contributed by atoms with E-state index in [1.165, 1.54) is 13.5 Å². The first-order chi connectivity index (χ1) is 5.08. The molecule has 3 nitrogen and oxygen atoms in total. The monoisotopic (exact) mass is 176 g/mol. The summed E-state index contributed by atoms with van der Waals surface area (Å²) in [6, 6.07) is 0. The minimum absolute atomic E-state index is 0.234. The highest BCUT2D eigenvalue weighted by Gasteiger charge is 1.88. The number of rotatable bonds is 1. The molecule has 0 amide bonds. The van der Waals surface area contributed by atoms with Gasteiger partial charge in [0.25, 0.3) is 5.17 Å². The van der Waals surface area contributed by atoms with Crippen molar-refractivity contribution in [1.82, 2.24) is 5.32 Å².